The summed E-state index contributed by atoms with van der Waals surface area (Å²) in [7, 11) is 3.91. The van der Waals surface area contributed by atoms with Crippen molar-refractivity contribution in [1.82, 2.24) is 14.7 Å². The van der Waals surface area contributed by atoms with Crippen molar-refractivity contribution in [2.75, 3.05) is 33.7 Å². The summed E-state index contributed by atoms with van der Waals surface area (Å²) in [4.78, 5) is 29.4. The summed E-state index contributed by atoms with van der Waals surface area (Å²) in [5.41, 5.74) is 0. The highest BCUT2D eigenvalue weighted by Crippen LogP contribution is 2.25. The number of likely N-dealkylation sites (tertiary alicyclic amines) is 1. The van der Waals surface area contributed by atoms with E-state index in [1.165, 1.54) is 0 Å². The molecule has 0 spiro atoms. The van der Waals surface area contributed by atoms with Gasteiger partial charge >= 0.3 is 12.0 Å². The smallest absolute Gasteiger partial charge is 0.323 e. The van der Waals surface area contributed by atoms with Crippen molar-refractivity contribution in [3.05, 3.63) is 0 Å². The highest BCUT2D eigenvalue weighted by atomic mass is 16.4. The van der Waals surface area contributed by atoms with Crippen LogP contribution in [0, 0.1) is 0 Å². The van der Waals surface area contributed by atoms with Gasteiger partial charge in [-0.15, -0.1) is 0 Å². The third-order valence-corrected chi connectivity index (χ3v) is 4.85. The van der Waals surface area contributed by atoms with Gasteiger partial charge in [0, 0.05) is 19.1 Å². The van der Waals surface area contributed by atoms with Gasteiger partial charge < -0.3 is 19.8 Å². The number of urea groups is 1. The maximum atomic E-state index is 12.7. The fraction of sp³-hybridized carbons (Fsp3) is 0.867. The number of aliphatic carboxylic acids is 1. The number of carboxylic acids is 1. The summed E-state index contributed by atoms with van der Waals surface area (Å²) in [5, 5.41) is 9.10. The molecule has 0 radical (unpaired) electrons. The molecular weight excluding hydrogens is 270 g/mol. The van der Waals surface area contributed by atoms with Gasteiger partial charge in [0.1, 0.15) is 6.54 Å². The predicted molar refractivity (Wildman–Crippen MR) is 80.3 cm³/mol. The molecule has 6 nitrogen and oxygen atoms in total. The molecule has 1 saturated carbocycles. The molecule has 1 saturated heterocycles. The van der Waals surface area contributed by atoms with Crippen LogP contribution in [0.15, 0.2) is 0 Å². The Bertz CT molecular complexity index is 374. The molecule has 0 atom stereocenters. The highest BCUT2D eigenvalue weighted by Gasteiger charge is 2.33. The standard InChI is InChI=1S/C15H27N3O3/c1-16-9-7-12(8-10-16)17(2)15(21)18(11-14(19)20)13-5-3-4-6-13/h12-13H,3-11H2,1-2H3,(H,19,20). The third kappa shape index (κ3) is 4.09. The summed E-state index contributed by atoms with van der Waals surface area (Å²) in [6.07, 6.45) is 5.97. The first-order valence-corrected chi connectivity index (χ1v) is 7.93. The summed E-state index contributed by atoms with van der Waals surface area (Å²) in [6, 6.07) is 0.215. The monoisotopic (exact) mass is 297 g/mol. The molecule has 0 aromatic rings. The van der Waals surface area contributed by atoms with Gasteiger partial charge in [-0.2, -0.15) is 0 Å². The largest absolute Gasteiger partial charge is 0.480 e. The van der Waals surface area contributed by atoms with Crippen molar-refractivity contribution in [2.45, 2.75) is 50.6 Å². The Kier molecular flexibility index (Phi) is 5.45. The Morgan fingerprint density at radius 1 is 1.10 bits per heavy atom. The van der Waals surface area contributed by atoms with Crippen LogP contribution < -0.4 is 0 Å². The first-order valence-electron chi connectivity index (χ1n) is 7.93. The molecule has 1 heterocycles. The number of carboxylic acid groups (broad SMARTS) is 1. The molecular formula is C15H27N3O3. The van der Waals surface area contributed by atoms with E-state index in [4.69, 9.17) is 5.11 Å². The van der Waals surface area contributed by atoms with Gasteiger partial charge in [-0.3, -0.25) is 4.79 Å². The Morgan fingerprint density at radius 2 is 1.67 bits per heavy atom. The lowest BCUT2D eigenvalue weighted by Crippen LogP contribution is -2.53. The van der Waals surface area contributed by atoms with E-state index in [0.717, 1.165) is 51.6 Å². The SMILES string of the molecule is CN1CCC(N(C)C(=O)N(CC(=O)O)C2CCCC2)CC1. The van der Waals surface area contributed by atoms with E-state index in [0.29, 0.717) is 0 Å². The van der Waals surface area contributed by atoms with E-state index >= 15 is 0 Å². The highest BCUT2D eigenvalue weighted by molar-refractivity contribution is 5.80. The fourth-order valence-electron chi connectivity index (χ4n) is 3.46. The Morgan fingerprint density at radius 3 is 2.19 bits per heavy atom. The molecule has 0 aromatic heterocycles. The second-order valence-electron chi connectivity index (χ2n) is 6.39. The molecule has 1 aliphatic carbocycles. The van der Waals surface area contributed by atoms with E-state index in [2.05, 4.69) is 11.9 Å². The van der Waals surface area contributed by atoms with E-state index in [1.807, 2.05) is 7.05 Å². The Hall–Kier alpha value is -1.30. The zero-order valence-corrected chi connectivity index (χ0v) is 13.1. The van der Waals surface area contributed by atoms with Crippen molar-refractivity contribution in [3.63, 3.8) is 0 Å². The number of piperidine rings is 1. The van der Waals surface area contributed by atoms with Crippen LogP contribution in [0.3, 0.4) is 0 Å². The first kappa shape index (κ1) is 16.1. The van der Waals surface area contributed by atoms with Crippen LogP contribution in [0.1, 0.15) is 38.5 Å². The topological polar surface area (TPSA) is 64.1 Å². The summed E-state index contributed by atoms with van der Waals surface area (Å²) in [6.45, 7) is 1.80. The molecule has 2 amide bonds. The molecule has 1 N–H and O–H groups in total. The number of hydrogen-bond acceptors (Lipinski definition) is 3. The van der Waals surface area contributed by atoms with Gasteiger partial charge in [0.05, 0.1) is 0 Å². The van der Waals surface area contributed by atoms with Crippen LogP contribution in [-0.2, 0) is 4.79 Å². The minimum Gasteiger partial charge on any atom is -0.480 e. The van der Waals surface area contributed by atoms with Crippen LogP contribution in [0.4, 0.5) is 4.79 Å². The maximum absolute atomic E-state index is 12.7. The number of amides is 2. The molecule has 2 rings (SSSR count). The molecule has 1 aliphatic heterocycles. The Labute approximate surface area is 126 Å². The van der Waals surface area contributed by atoms with E-state index < -0.39 is 5.97 Å². The van der Waals surface area contributed by atoms with E-state index in [9.17, 15) is 9.59 Å². The second-order valence-corrected chi connectivity index (χ2v) is 6.39. The predicted octanol–water partition coefficient (Wildman–Crippen LogP) is 1.46. The van der Waals surface area contributed by atoms with E-state index in [1.54, 1.807) is 9.80 Å². The molecule has 2 fully saturated rings. The first-order chi connectivity index (χ1) is 9.99. The normalized spacial score (nSPS) is 21.4. The average Bonchev–Trinajstić information content (AvgIpc) is 2.98. The van der Waals surface area contributed by atoms with Crippen LogP contribution in [0.2, 0.25) is 0 Å². The molecule has 21 heavy (non-hydrogen) atoms. The van der Waals surface area contributed by atoms with Gasteiger partial charge in [-0.25, -0.2) is 4.79 Å². The second kappa shape index (κ2) is 7.11. The van der Waals surface area contributed by atoms with Crippen LogP contribution >= 0.6 is 0 Å². The van der Waals surface area contributed by atoms with Crippen molar-refractivity contribution in [2.24, 2.45) is 0 Å². The Balaban J connectivity index is 2.00. The lowest BCUT2D eigenvalue weighted by Gasteiger charge is -2.39. The van der Waals surface area contributed by atoms with Crippen molar-refractivity contribution >= 4 is 12.0 Å². The lowest BCUT2D eigenvalue weighted by atomic mass is 10.0. The molecule has 6 heteroatoms. The molecule has 2 aliphatic rings. The molecule has 120 valence electrons. The quantitative estimate of drug-likeness (QED) is 0.853. The number of nitrogens with zero attached hydrogens (tertiary/aromatic N) is 3. The molecule has 0 bridgehead atoms. The average molecular weight is 297 g/mol. The van der Waals surface area contributed by atoms with Crippen LogP contribution in [0.5, 0.6) is 0 Å². The zero-order valence-electron chi connectivity index (χ0n) is 13.1. The molecule has 0 aromatic carbocycles. The number of carbonyl (C=O) groups is 2. The summed E-state index contributed by atoms with van der Waals surface area (Å²) >= 11 is 0. The maximum Gasteiger partial charge on any atom is 0.323 e. The van der Waals surface area contributed by atoms with Crippen LogP contribution in [-0.4, -0.2) is 77.6 Å². The zero-order chi connectivity index (χ0) is 15.4. The van der Waals surface area contributed by atoms with Gasteiger partial charge in [-0.1, -0.05) is 12.8 Å². The molecule has 0 unspecified atom stereocenters. The third-order valence-electron chi connectivity index (χ3n) is 4.85. The summed E-state index contributed by atoms with van der Waals surface area (Å²) < 4.78 is 0. The minimum absolute atomic E-state index is 0.0994. The number of rotatable bonds is 4. The van der Waals surface area contributed by atoms with Crippen molar-refractivity contribution < 1.29 is 14.7 Å². The fourth-order valence-corrected chi connectivity index (χ4v) is 3.46. The number of hydrogen-bond donors (Lipinski definition) is 1. The minimum atomic E-state index is -0.924. The van der Waals surface area contributed by atoms with Gasteiger partial charge in [0.15, 0.2) is 0 Å². The van der Waals surface area contributed by atoms with Gasteiger partial charge in [-0.05, 0) is 45.8 Å². The van der Waals surface area contributed by atoms with Gasteiger partial charge in [0.2, 0.25) is 0 Å². The van der Waals surface area contributed by atoms with Gasteiger partial charge in [0.25, 0.3) is 0 Å². The van der Waals surface area contributed by atoms with Crippen molar-refractivity contribution in [1.29, 1.82) is 0 Å². The van der Waals surface area contributed by atoms with Crippen LogP contribution in [0.25, 0.3) is 0 Å². The lowest BCUT2D eigenvalue weighted by molar-refractivity contribution is -0.138. The number of carbonyl (C=O) groups excluding carboxylic acids is 1. The van der Waals surface area contributed by atoms with Crippen molar-refractivity contribution in [3.8, 4) is 0 Å². The summed E-state index contributed by atoms with van der Waals surface area (Å²) in [5.74, 6) is -0.924. The van der Waals surface area contributed by atoms with E-state index in [-0.39, 0.29) is 24.7 Å².